The van der Waals surface area contributed by atoms with E-state index in [2.05, 4.69) is 15.1 Å². The maximum Gasteiger partial charge on any atom is 0.200 e. The van der Waals surface area contributed by atoms with Gasteiger partial charge in [0.2, 0.25) is 0 Å². The van der Waals surface area contributed by atoms with Crippen molar-refractivity contribution < 1.29 is 0 Å². The quantitative estimate of drug-likeness (QED) is 0.595. The van der Waals surface area contributed by atoms with E-state index in [9.17, 15) is 0 Å². The lowest BCUT2D eigenvalue weighted by Crippen LogP contribution is -2.02. The molecule has 0 bridgehead atoms. The first-order chi connectivity index (χ1) is 7.43. The van der Waals surface area contributed by atoms with Crippen molar-refractivity contribution in [3.8, 4) is 17.2 Å². The number of benzene rings is 1. The van der Waals surface area contributed by atoms with Crippen molar-refractivity contribution in [1.82, 2.24) is 19.7 Å². The molecule has 0 aromatic heterocycles. The van der Waals surface area contributed by atoms with Crippen LogP contribution in [0.5, 0.6) is 0 Å². The van der Waals surface area contributed by atoms with Gasteiger partial charge in [0.15, 0.2) is 5.82 Å². The molecule has 0 saturated carbocycles. The predicted molar refractivity (Wildman–Crippen MR) is 55.8 cm³/mol. The molecule has 0 atom stereocenters. The smallest absolute Gasteiger partial charge is 0.200 e. The molecule has 0 unspecified atom stereocenters. The molecule has 2 aliphatic heterocycles. The van der Waals surface area contributed by atoms with Crippen LogP contribution in [0.3, 0.4) is 0 Å². The monoisotopic (exact) mass is 196 g/mol. The highest BCUT2D eigenvalue weighted by Gasteiger charge is 2.07. The second-order valence-corrected chi connectivity index (χ2v) is 3.18. The molecule has 4 heteroatoms. The second kappa shape index (κ2) is 3.16. The summed E-state index contributed by atoms with van der Waals surface area (Å²) < 4.78 is 1.79. The van der Waals surface area contributed by atoms with Crippen molar-refractivity contribution in [2.75, 3.05) is 0 Å². The molecule has 15 heavy (non-hydrogen) atoms. The van der Waals surface area contributed by atoms with Crippen molar-refractivity contribution in [3.05, 3.63) is 48.9 Å². The van der Waals surface area contributed by atoms with Crippen molar-refractivity contribution in [1.29, 1.82) is 0 Å². The first-order valence-corrected chi connectivity index (χ1v) is 4.65. The highest BCUT2D eigenvalue weighted by atomic mass is 15.3. The molecular weight excluding hydrogens is 188 g/mol. The zero-order valence-corrected chi connectivity index (χ0v) is 7.91. The summed E-state index contributed by atoms with van der Waals surface area (Å²) >= 11 is 0. The number of hydrogen-bond acceptors (Lipinski definition) is 3. The first kappa shape index (κ1) is 8.11. The lowest BCUT2D eigenvalue weighted by Gasteiger charge is -2.05. The van der Waals surface area contributed by atoms with Crippen molar-refractivity contribution in [3.63, 3.8) is 0 Å². The third-order valence-electron chi connectivity index (χ3n) is 2.20. The van der Waals surface area contributed by atoms with E-state index in [0.29, 0.717) is 5.82 Å². The van der Waals surface area contributed by atoms with Gasteiger partial charge in [0.05, 0.1) is 5.69 Å². The fourth-order valence-electron chi connectivity index (χ4n) is 1.47. The number of nitrogens with zero attached hydrogens (tertiary/aromatic N) is 4. The van der Waals surface area contributed by atoms with E-state index in [1.165, 1.54) is 6.33 Å². The maximum absolute atomic E-state index is 4.35. The van der Waals surface area contributed by atoms with Crippen LogP contribution in [0.25, 0.3) is 17.2 Å². The summed E-state index contributed by atoms with van der Waals surface area (Å²) in [7, 11) is 0. The van der Waals surface area contributed by atoms with E-state index < -0.39 is 0 Å². The molecule has 0 radical (unpaired) electrons. The van der Waals surface area contributed by atoms with Gasteiger partial charge in [-0.05, 0) is 18.2 Å². The number of fused-ring (bicyclic) bond motifs is 1. The van der Waals surface area contributed by atoms with E-state index in [4.69, 9.17) is 0 Å². The van der Waals surface area contributed by atoms with Gasteiger partial charge >= 0.3 is 0 Å². The number of hydrogen-bond donors (Lipinski definition) is 0. The Morgan fingerprint density at radius 1 is 0.933 bits per heavy atom. The van der Waals surface area contributed by atoms with E-state index in [-0.39, 0.29) is 0 Å². The Morgan fingerprint density at radius 2 is 1.80 bits per heavy atom. The molecule has 3 rings (SSSR count). The summed E-state index contributed by atoms with van der Waals surface area (Å²) in [5, 5.41) is 4.35. The van der Waals surface area contributed by atoms with Gasteiger partial charge < -0.3 is 0 Å². The maximum atomic E-state index is 4.35. The SMILES string of the molecule is c1ccc(-n2ccc3ncnc-3n2)cc1. The van der Waals surface area contributed by atoms with Gasteiger partial charge in [0, 0.05) is 6.20 Å². The van der Waals surface area contributed by atoms with Crippen molar-refractivity contribution in [2.24, 2.45) is 0 Å². The molecule has 0 spiro atoms. The zero-order valence-electron chi connectivity index (χ0n) is 7.91. The minimum Gasteiger partial charge on any atom is -0.239 e. The molecule has 0 saturated heterocycles. The lowest BCUT2D eigenvalue weighted by molar-refractivity contribution is 0.836. The van der Waals surface area contributed by atoms with E-state index in [1.807, 2.05) is 42.6 Å². The zero-order chi connectivity index (χ0) is 10.1. The van der Waals surface area contributed by atoms with Crippen LogP contribution < -0.4 is 0 Å². The molecular formula is C11H8N4. The van der Waals surface area contributed by atoms with Crippen LogP contribution in [0.15, 0.2) is 48.9 Å². The normalized spacial score (nSPS) is 10.7. The summed E-state index contributed by atoms with van der Waals surface area (Å²) in [5.74, 6) is 0.668. The number of aromatic nitrogens is 4. The predicted octanol–water partition coefficient (Wildman–Crippen LogP) is 1.77. The largest absolute Gasteiger partial charge is 0.239 e. The van der Waals surface area contributed by atoms with Gasteiger partial charge in [0.1, 0.15) is 12.0 Å². The molecule has 1 aromatic carbocycles. The minimum atomic E-state index is 0.668. The Bertz CT molecular complexity index is 544. The van der Waals surface area contributed by atoms with Crippen LogP contribution in [-0.2, 0) is 0 Å². The van der Waals surface area contributed by atoms with E-state index in [1.54, 1.807) is 4.68 Å². The highest BCUT2D eigenvalue weighted by molar-refractivity contribution is 5.49. The first-order valence-electron chi connectivity index (χ1n) is 4.65. The molecule has 0 fully saturated rings. The third-order valence-corrected chi connectivity index (χ3v) is 2.20. The van der Waals surface area contributed by atoms with E-state index >= 15 is 0 Å². The molecule has 1 aromatic rings. The Kier molecular flexibility index (Phi) is 1.71. The van der Waals surface area contributed by atoms with Crippen LogP contribution in [0.2, 0.25) is 0 Å². The van der Waals surface area contributed by atoms with Crippen molar-refractivity contribution in [2.45, 2.75) is 0 Å². The highest BCUT2D eigenvalue weighted by Crippen LogP contribution is 2.14. The minimum absolute atomic E-state index is 0.668. The Hall–Kier alpha value is -2.23. The van der Waals surface area contributed by atoms with Gasteiger partial charge in [-0.1, -0.05) is 18.2 Å². The number of rotatable bonds is 1. The van der Waals surface area contributed by atoms with Crippen LogP contribution in [0, 0.1) is 0 Å². The van der Waals surface area contributed by atoms with E-state index in [0.717, 1.165) is 11.4 Å². The summed E-state index contributed by atoms with van der Waals surface area (Å²) in [6.45, 7) is 0. The topological polar surface area (TPSA) is 43.6 Å². The molecule has 2 aliphatic rings. The molecule has 0 aliphatic carbocycles. The van der Waals surface area contributed by atoms with Gasteiger partial charge in [-0.25, -0.2) is 14.6 Å². The third kappa shape index (κ3) is 1.36. The summed E-state index contributed by atoms with van der Waals surface area (Å²) in [6, 6.07) is 11.8. The lowest BCUT2D eigenvalue weighted by atomic mass is 10.3. The molecule has 0 N–H and O–H groups in total. The molecule has 2 heterocycles. The fraction of sp³-hybridized carbons (Fsp3) is 0. The Morgan fingerprint density at radius 3 is 2.67 bits per heavy atom. The molecule has 4 nitrogen and oxygen atoms in total. The van der Waals surface area contributed by atoms with Crippen LogP contribution in [0.4, 0.5) is 0 Å². The van der Waals surface area contributed by atoms with Gasteiger partial charge in [-0.3, -0.25) is 0 Å². The van der Waals surface area contributed by atoms with Gasteiger partial charge in [-0.2, -0.15) is 0 Å². The van der Waals surface area contributed by atoms with Crippen LogP contribution >= 0.6 is 0 Å². The summed E-state index contributed by atoms with van der Waals surface area (Å²) in [4.78, 5) is 8.13. The standard InChI is InChI=1S/C11H8N4/c1-2-4-9(5-3-1)15-7-6-10-11(14-15)13-8-12-10/h1-8H. The molecule has 72 valence electrons. The number of imidazole rings is 1. The Labute approximate surface area is 86.6 Å². The fourth-order valence-corrected chi connectivity index (χ4v) is 1.47. The Balaban J connectivity index is 2.17. The van der Waals surface area contributed by atoms with Crippen LogP contribution in [-0.4, -0.2) is 19.7 Å². The summed E-state index contributed by atoms with van der Waals surface area (Å²) in [5.41, 5.74) is 1.84. The van der Waals surface area contributed by atoms with Gasteiger partial charge in [-0.15, -0.1) is 5.10 Å². The van der Waals surface area contributed by atoms with Crippen molar-refractivity contribution >= 4 is 0 Å². The summed E-state index contributed by atoms with van der Waals surface area (Å²) in [6.07, 6.45) is 3.40. The average molecular weight is 196 g/mol. The number of para-hydroxylation sites is 1. The van der Waals surface area contributed by atoms with Crippen LogP contribution in [0.1, 0.15) is 0 Å². The second-order valence-electron chi connectivity index (χ2n) is 3.18. The molecule has 0 amide bonds. The van der Waals surface area contributed by atoms with Gasteiger partial charge in [0.25, 0.3) is 0 Å². The average Bonchev–Trinajstić information content (AvgIpc) is 2.77.